The Morgan fingerprint density at radius 1 is 1.21 bits per heavy atom. The first kappa shape index (κ1) is 22.4. The normalized spacial score (nSPS) is 25.0. The fourth-order valence-corrected chi connectivity index (χ4v) is 4.90. The van der Waals surface area contributed by atoms with E-state index in [9.17, 15) is 18.3 Å². The van der Waals surface area contributed by atoms with Crippen molar-refractivity contribution in [1.29, 1.82) is 0 Å². The molecule has 2 aliphatic rings. The highest BCUT2D eigenvalue weighted by Gasteiger charge is 2.41. The molecule has 2 fully saturated rings. The average Bonchev–Trinajstić information content (AvgIpc) is 2.66. The second-order valence-corrected chi connectivity index (χ2v) is 8.64. The molecule has 3 rings (SSSR count). The maximum absolute atomic E-state index is 12.7. The van der Waals surface area contributed by atoms with Gasteiger partial charge in [-0.2, -0.15) is 0 Å². The van der Waals surface area contributed by atoms with Crippen LogP contribution in [0.2, 0.25) is 0 Å². The molecule has 1 aliphatic heterocycles. The van der Waals surface area contributed by atoms with Gasteiger partial charge in [-0.1, -0.05) is 38.3 Å². The molecule has 4 nitrogen and oxygen atoms in total. The summed E-state index contributed by atoms with van der Waals surface area (Å²) in [4.78, 5) is 4.72. The summed E-state index contributed by atoms with van der Waals surface area (Å²) in [6.45, 7) is 5.60. The van der Waals surface area contributed by atoms with Gasteiger partial charge in [-0.3, -0.25) is 4.90 Å². The lowest BCUT2D eigenvalue weighted by Gasteiger charge is -2.45. The third kappa shape index (κ3) is 5.86. The van der Waals surface area contributed by atoms with Crippen LogP contribution in [0.5, 0.6) is 5.75 Å². The van der Waals surface area contributed by atoms with Crippen LogP contribution >= 0.6 is 0 Å². The molecule has 0 aromatic heterocycles. The average molecular weight is 415 g/mol. The molecule has 1 aliphatic carbocycles. The summed E-state index contributed by atoms with van der Waals surface area (Å²) in [5.41, 5.74) is -0.164. The molecular formula is C22H33F3N2O2. The van der Waals surface area contributed by atoms with Crippen LogP contribution in [-0.4, -0.2) is 66.1 Å². The number of likely N-dealkylation sites (N-methyl/N-ethyl adjacent to an activating group) is 1. The summed E-state index contributed by atoms with van der Waals surface area (Å²) in [5.74, 6) is -0.454. The zero-order valence-corrected chi connectivity index (χ0v) is 17.4. The topological polar surface area (TPSA) is 35.9 Å². The smallest absolute Gasteiger partial charge is 0.406 e. The molecule has 164 valence electrons. The summed E-state index contributed by atoms with van der Waals surface area (Å²) in [7, 11) is 2.13. The molecule has 1 aromatic rings. The van der Waals surface area contributed by atoms with E-state index in [1.807, 2.05) is 6.07 Å². The van der Waals surface area contributed by atoms with Crippen molar-refractivity contribution in [3.8, 4) is 5.75 Å². The number of alkyl halides is 3. The molecule has 7 heteroatoms. The summed E-state index contributed by atoms with van der Waals surface area (Å²) in [5, 5.41) is 11.5. The van der Waals surface area contributed by atoms with Crippen LogP contribution in [0.4, 0.5) is 13.2 Å². The number of benzene rings is 1. The number of halogens is 3. The first-order chi connectivity index (χ1) is 13.7. The minimum Gasteiger partial charge on any atom is -0.406 e. The second-order valence-electron chi connectivity index (χ2n) is 8.64. The molecule has 0 radical (unpaired) electrons. The van der Waals surface area contributed by atoms with Crippen molar-refractivity contribution in [2.45, 2.75) is 69.4 Å². The third-order valence-electron chi connectivity index (χ3n) is 6.64. The van der Waals surface area contributed by atoms with E-state index >= 15 is 0 Å². The maximum atomic E-state index is 12.7. The quantitative estimate of drug-likeness (QED) is 0.749. The van der Waals surface area contributed by atoms with Gasteiger partial charge in [0.2, 0.25) is 0 Å². The van der Waals surface area contributed by atoms with Gasteiger partial charge in [0, 0.05) is 38.1 Å². The van der Waals surface area contributed by atoms with E-state index < -0.39 is 12.0 Å². The number of piperazine rings is 1. The van der Waals surface area contributed by atoms with Gasteiger partial charge in [-0.05, 0) is 44.0 Å². The molecule has 1 aromatic carbocycles. The van der Waals surface area contributed by atoms with Crippen molar-refractivity contribution in [1.82, 2.24) is 9.80 Å². The van der Waals surface area contributed by atoms with Crippen LogP contribution in [0.1, 0.15) is 56.9 Å². The van der Waals surface area contributed by atoms with Gasteiger partial charge in [-0.15, -0.1) is 13.2 Å². The Balaban J connectivity index is 1.85. The van der Waals surface area contributed by atoms with E-state index in [0.717, 1.165) is 50.9 Å². The Bertz CT molecular complexity index is 662. The number of ether oxygens (including phenoxy) is 1. The molecule has 29 heavy (non-hydrogen) atoms. The molecule has 0 amide bonds. The first-order valence-electron chi connectivity index (χ1n) is 10.7. The summed E-state index contributed by atoms with van der Waals surface area (Å²) >= 11 is 0. The summed E-state index contributed by atoms with van der Waals surface area (Å²) in [6.07, 6.45) is 0.704. The van der Waals surface area contributed by atoms with Gasteiger partial charge < -0.3 is 14.7 Å². The fraction of sp³-hybridized carbons (Fsp3) is 0.727. The highest BCUT2D eigenvalue weighted by atomic mass is 19.4. The van der Waals surface area contributed by atoms with E-state index in [0.29, 0.717) is 25.4 Å². The van der Waals surface area contributed by atoms with Gasteiger partial charge >= 0.3 is 6.36 Å². The van der Waals surface area contributed by atoms with Crippen LogP contribution in [0.3, 0.4) is 0 Å². The van der Waals surface area contributed by atoms with Crippen molar-refractivity contribution < 1.29 is 23.0 Å². The van der Waals surface area contributed by atoms with Crippen LogP contribution in [0.25, 0.3) is 0 Å². The molecular weight excluding hydrogens is 381 g/mol. The second kappa shape index (κ2) is 9.23. The van der Waals surface area contributed by atoms with Crippen molar-refractivity contribution in [2.75, 3.05) is 33.2 Å². The minimum absolute atomic E-state index is 0.218. The third-order valence-corrected chi connectivity index (χ3v) is 6.64. The van der Waals surface area contributed by atoms with Crippen molar-refractivity contribution >= 4 is 0 Å². The van der Waals surface area contributed by atoms with E-state index in [-0.39, 0.29) is 11.7 Å². The largest absolute Gasteiger partial charge is 0.573 e. The van der Waals surface area contributed by atoms with E-state index in [1.165, 1.54) is 12.1 Å². The highest BCUT2D eigenvalue weighted by Crippen LogP contribution is 2.41. The Kier molecular flexibility index (Phi) is 7.12. The lowest BCUT2D eigenvalue weighted by molar-refractivity contribution is -0.274. The summed E-state index contributed by atoms with van der Waals surface area (Å²) < 4.78 is 42.3. The lowest BCUT2D eigenvalue weighted by atomic mass is 9.72. The lowest BCUT2D eigenvalue weighted by Crippen LogP contribution is -2.54. The maximum Gasteiger partial charge on any atom is 0.573 e. The summed E-state index contributed by atoms with van der Waals surface area (Å²) in [6, 6.07) is 6.66. The molecule has 1 saturated carbocycles. The van der Waals surface area contributed by atoms with Crippen molar-refractivity contribution in [2.24, 2.45) is 0 Å². The van der Waals surface area contributed by atoms with Gasteiger partial charge in [0.05, 0.1) is 5.60 Å². The monoisotopic (exact) mass is 414 g/mol. The predicted octanol–water partition coefficient (Wildman–Crippen LogP) is 4.39. The number of hydrogen-bond acceptors (Lipinski definition) is 4. The number of aliphatic hydroxyl groups is 1. The molecule has 2 unspecified atom stereocenters. The Morgan fingerprint density at radius 2 is 1.93 bits per heavy atom. The highest BCUT2D eigenvalue weighted by molar-refractivity contribution is 5.33. The zero-order chi connectivity index (χ0) is 21.1. The van der Waals surface area contributed by atoms with E-state index in [1.54, 1.807) is 6.07 Å². The number of nitrogens with zero attached hydrogens (tertiary/aromatic N) is 2. The molecule has 1 heterocycles. The van der Waals surface area contributed by atoms with Crippen LogP contribution < -0.4 is 4.74 Å². The van der Waals surface area contributed by atoms with Crippen LogP contribution in [0, 0.1) is 0 Å². The van der Waals surface area contributed by atoms with Gasteiger partial charge in [0.15, 0.2) is 0 Å². The fourth-order valence-electron chi connectivity index (χ4n) is 4.90. The number of rotatable bonds is 6. The molecule has 1 saturated heterocycles. The molecule has 1 N–H and O–H groups in total. The zero-order valence-electron chi connectivity index (χ0n) is 17.4. The SMILES string of the molecule is CCC1CN(CC(c2cccc(OC(F)(F)F)c2)C2(O)CCCCC2)CCN1C. The van der Waals surface area contributed by atoms with E-state index in [2.05, 4.69) is 28.5 Å². The predicted molar refractivity (Wildman–Crippen MR) is 107 cm³/mol. The Hall–Kier alpha value is -1.31. The van der Waals surface area contributed by atoms with Crippen molar-refractivity contribution in [3.05, 3.63) is 29.8 Å². The van der Waals surface area contributed by atoms with E-state index in [4.69, 9.17) is 0 Å². The van der Waals surface area contributed by atoms with Gasteiger partial charge in [0.25, 0.3) is 0 Å². The first-order valence-corrected chi connectivity index (χ1v) is 10.7. The minimum atomic E-state index is -4.72. The van der Waals surface area contributed by atoms with Crippen molar-refractivity contribution in [3.63, 3.8) is 0 Å². The molecule has 0 spiro atoms. The van der Waals surface area contributed by atoms with Gasteiger partial charge in [0.1, 0.15) is 5.75 Å². The standard InChI is InChI=1S/C22H33F3N2O2/c1-3-18-15-27(13-12-26(18)2)16-20(21(28)10-5-4-6-11-21)17-8-7-9-19(14-17)29-22(23,24)25/h7-9,14,18,20,28H,3-6,10-13,15-16H2,1-2H3. The van der Waals surface area contributed by atoms with Crippen LogP contribution in [0.15, 0.2) is 24.3 Å². The molecule has 2 atom stereocenters. The Labute approximate surface area is 171 Å². The van der Waals surface area contributed by atoms with Crippen LogP contribution in [-0.2, 0) is 0 Å². The van der Waals surface area contributed by atoms with Gasteiger partial charge in [-0.25, -0.2) is 0 Å². The Morgan fingerprint density at radius 3 is 2.59 bits per heavy atom. The molecule has 0 bridgehead atoms. The number of hydrogen-bond donors (Lipinski definition) is 1.